The van der Waals surface area contributed by atoms with Gasteiger partial charge in [0.05, 0.1) is 0 Å². The lowest BCUT2D eigenvalue weighted by Crippen LogP contribution is -2.49. The summed E-state index contributed by atoms with van der Waals surface area (Å²) >= 11 is 5.86. The average molecular weight is 280 g/mol. The van der Waals surface area contributed by atoms with Crippen molar-refractivity contribution in [2.45, 2.75) is 33.0 Å². The third kappa shape index (κ3) is 4.13. The highest BCUT2D eigenvalue weighted by molar-refractivity contribution is 6.30. The zero-order valence-electron chi connectivity index (χ0n) is 11.2. The normalized spacial score (nSPS) is 18.5. The molecule has 1 aromatic carbocycles. The number of guanidine groups is 2. The number of nitrogens with one attached hydrogen (secondary N) is 3. The van der Waals surface area contributed by atoms with Crippen LogP contribution >= 0.6 is 11.6 Å². The van der Waals surface area contributed by atoms with Crippen LogP contribution in [0.25, 0.3) is 0 Å². The lowest BCUT2D eigenvalue weighted by Gasteiger charge is -2.22. The van der Waals surface area contributed by atoms with E-state index in [0.717, 1.165) is 11.6 Å². The first kappa shape index (κ1) is 13.7. The molecule has 0 spiro atoms. The quantitative estimate of drug-likeness (QED) is 0.779. The average Bonchev–Trinajstić information content (AvgIpc) is 2.30. The molecule has 0 saturated heterocycles. The number of halogens is 1. The van der Waals surface area contributed by atoms with E-state index in [-0.39, 0.29) is 6.17 Å². The lowest BCUT2D eigenvalue weighted by molar-refractivity contribution is 0.687. The van der Waals surface area contributed by atoms with Gasteiger partial charge in [0.1, 0.15) is 6.17 Å². The van der Waals surface area contributed by atoms with E-state index in [1.54, 1.807) is 0 Å². The summed E-state index contributed by atoms with van der Waals surface area (Å²) < 4.78 is 0. The molecule has 102 valence electrons. The van der Waals surface area contributed by atoms with E-state index in [1.165, 1.54) is 0 Å². The van der Waals surface area contributed by atoms with E-state index < -0.39 is 0 Å². The van der Waals surface area contributed by atoms with E-state index in [4.69, 9.17) is 11.6 Å². The molecule has 0 bridgehead atoms. The standard InChI is InChI=1S/C13H18ClN5/c1-8(2)15-12-16-9(3)17-13(19-12)18-11-6-4-10(14)5-7-11/h4-9H,1-3H3,(H3,15,16,17,18,19). The minimum Gasteiger partial charge on any atom is -0.354 e. The Morgan fingerprint density at radius 2 is 1.79 bits per heavy atom. The highest BCUT2D eigenvalue weighted by atomic mass is 35.5. The highest BCUT2D eigenvalue weighted by Gasteiger charge is 2.13. The maximum absolute atomic E-state index is 5.86. The smallest absolute Gasteiger partial charge is 0.204 e. The molecule has 1 unspecified atom stereocenters. The second-order valence-electron chi connectivity index (χ2n) is 4.64. The topological polar surface area (TPSA) is 60.8 Å². The molecule has 5 nitrogen and oxygen atoms in total. The summed E-state index contributed by atoms with van der Waals surface area (Å²) in [5.41, 5.74) is 0.925. The molecule has 2 rings (SSSR count). The Morgan fingerprint density at radius 1 is 1.16 bits per heavy atom. The predicted molar refractivity (Wildman–Crippen MR) is 80.8 cm³/mol. The third-order valence-corrected chi connectivity index (χ3v) is 2.65. The van der Waals surface area contributed by atoms with Gasteiger partial charge in [-0.2, -0.15) is 0 Å². The second-order valence-corrected chi connectivity index (χ2v) is 5.08. The Bertz CT molecular complexity index is 492. The largest absolute Gasteiger partial charge is 0.354 e. The van der Waals surface area contributed by atoms with Gasteiger partial charge < -0.3 is 10.6 Å². The highest BCUT2D eigenvalue weighted by Crippen LogP contribution is 2.13. The molecule has 0 aliphatic carbocycles. The summed E-state index contributed by atoms with van der Waals surface area (Å²) in [6.07, 6.45) is -0.114. The Hall–Kier alpha value is -1.75. The van der Waals surface area contributed by atoms with Gasteiger partial charge >= 0.3 is 0 Å². The molecule has 1 aliphatic heterocycles. The molecule has 1 aliphatic rings. The summed E-state index contributed by atoms with van der Waals surface area (Å²) in [5.74, 6) is 1.40. The van der Waals surface area contributed by atoms with Gasteiger partial charge in [-0.1, -0.05) is 11.6 Å². The predicted octanol–water partition coefficient (Wildman–Crippen LogP) is 2.41. The summed E-state index contributed by atoms with van der Waals surface area (Å²) in [6, 6.07) is 7.78. The number of hydrogen-bond acceptors (Lipinski definition) is 5. The van der Waals surface area contributed by atoms with Crippen LogP contribution in [0.4, 0.5) is 5.69 Å². The minimum absolute atomic E-state index is 0.114. The van der Waals surface area contributed by atoms with Crippen molar-refractivity contribution in [2.24, 2.45) is 9.98 Å². The van der Waals surface area contributed by atoms with Crippen molar-refractivity contribution in [3.63, 3.8) is 0 Å². The fourth-order valence-corrected chi connectivity index (χ4v) is 1.79. The van der Waals surface area contributed by atoms with Gasteiger partial charge in [-0.05, 0) is 45.0 Å². The zero-order chi connectivity index (χ0) is 13.8. The fraction of sp³-hybridized carbons (Fsp3) is 0.385. The summed E-state index contributed by atoms with van der Waals surface area (Å²) in [5, 5.41) is 10.3. The first-order valence-corrected chi connectivity index (χ1v) is 6.62. The Morgan fingerprint density at radius 3 is 2.42 bits per heavy atom. The van der Waals surface area contributed by atoms with E-state index in [1.807, 2.05) is 31.2 Å². The number of aliphatic imine (C=N–C) groups is 2. The van der Waals surface area contributed by atoms with E-state index in [0.29, 0.717) is 17.0 Å². The lowest BCUT2D eigenvalue weighted by atomic mass is 10.3. The first-order valence-electron chi connectivity index (χ1n) is 6.24. The molecule has 1 aromatic rings. The Labute approximate surface area is 118 Å². The number of rotatable bonds is 2. The van der Waals surface area contributed by atoms with Crippen molar-refractivity contribution >= 4 is 29.2 Å². The van der Waals surface area contributed by atoms with Crippen molar-refractivity contribution < 1.29 is 0 Å². The molecule has 1 heterocycles. The molecular weight excluding hydrogens is 262 g/mol. The van der Waals surface area contributed by atoms with Crippen LogP contribution in [0.3, 0.4) is 0 Å². The van der Waals surface area contributed by atoms with Crippen LogP contribution < -0.4 is 16.0 Å². The molecule has 6 heteroatoms. The summed E-state index contributed by atoms with van der Waals surface area (Å²) in [4.78, 5) is 8.77. The number of nitrogens with zero attached hydrogens (tertiary/aromatic N) is 2. The van der Waals surface area contributed by atoms with Crippen molar-refractivity contribution in [2.75, 3.05) is 5.32 Å². The van der Waals surface area contributed by atoms with E-state index in [2.05, 4.69) is 39.8 Å². The van der Waals surface area contributed by atoms with E-state index in [9.17, 15) is 0 Å². The molecule has 19 heavy (non-hydrogen) atoms. The van der Waals surface area contributed by atoms with Crippen molar-refractivity contribution in [3.8, 4) is 0 Å². The molecular formula is C13H18ClN5. The molecule has 0 amide bonds. The van der Waals surface area contributed by atoms with Gasteiger partial charge in [0.15, 0.2) is 5.96 Å². The zero-order valence-corrected chi connectivity index (χ0v) is 12.0. The molecule has 0 saturated carbocycles. The first-order chi connectivity index (χ1) is 9.02. The van der Waals surface area contributed by atoms with E-state index >= 15 is 0 Å². The molecule has 3 N–H and O–H groups in total. The number of anilines is 1. The van der Waals surface area contributed by atoms with Crippen LogP contribution in [-0.4, -0.2) is 24.1 Å². The van der Waals surface area contributed by atoms with Gasteiger partial charge in [-0.3, -0.25) is 5.32 Å². The maximum atomic E-state index is 5.86. The summed E-state index contributed by atoms with van der Waals surface area (Å²) in [6.45, 7) is 6.06. The molecule has 0 aromatic heterocycles. The van der Waals surface area contributed by atoms with Crippen molar-refractivity contribution in [3.05, 3.63) is 29.3 Å². The fourth-order valence-electron chi connectivity index (χ4n) is 1.66. The molecule has 1 atom stereocenters. The minimum atomic E-state index is -0.114. The van der Waals surface area contributed by atoms with Gasteiger partial charge in [0.25, 0.3) is 0 Å². The van der Waals surface area contributed by atoms with Gasteiger partial charge in [-0.25, -0.2) is 9.98 Å². The van der Waals surface area contributed by atoms with Crippen LogP contribution in [0.15, 0.2) is 34.3 Å². The Balaban J connectivity index is 2.03. The van der Waals surface area contributed by atoms with Crippen LogP contribution in [0.2, 0.25) is 5.02 Å². The van der Waals surface area contributed by atoms with Gasteiger partial charge in [0.2, 0.25) is 5.96 Å². The molecule has 0 fully saturated rings. The van der Waals surface area contributed by atoms with Gasteiger partial charge in [0, 0.05) is 16.8 Å². The van der Waals surface area contributed by atoms with Crippen molar-refractivity contribution in [1.82, 2.24) is 10.6 Å². The maximum Gasteiger partial charge on any atom is 0.204 e. The number of benzene rings is 1. The van der Waals surface area contributed by atoms with Crippen LogP contribution in [0.1, 0.15) is 20.8 Å². The summed E-state index contributed by atoms with van der Waals surface area (Å²) in [7, 11) is 0. The monoisotopic (exact) mass is 279 g/mol. The SMILES string of the molecule is CC1N=C(Nc2ccc(Cl)cc2)NC(NC(C)C)=N1. The molecule has 0 radical (unpaired) electrons. The van der Waals surface area contributed by atoms with Crippen LogP contribution in [0, 0.1) is 0 Å². The number of hydrogen-bond donors (Lipinski definition) is 3. The van der Waals surface area contributed by atoms with Crippen LogP contribution in [0.5, 0.6) is 0 Å². The Kier molecular flexibility index (Phi) is 4.27. The second kappa shape index (κ2) is 5.93. The third-order valence-electron chi connectivity index (χ3n) is 2.40. The van der Waals surface area contributed by atoms with Gasteiger partial charge in [-0.15, -0.1) is 0 Å². The van der Waals surface area contributed by atoms with Crippen molar-refractivity contribution in [1.29, 1.82) is 0 Å². The van der Waals surface area contributed by atoms with Crippen LogP contribution in [-0.2, 0) is 0 Å².